The Labute approximate surface area is 182 Å². The van der Waals surface area contributed by atoms with E-state index in [-0.39, 0.29) is 5.91 Å². The number of carbonyl (C=O) groups is 1. The lowest BCUT2D eigenvalue weighted by Crippen LogP contribution is -2.48. The van der Waals surface area contributed by atoms with Crippen LogP contribution in [0.2, 0.25) is 0 Å². The molecular weight excluding hydrogens is 427 g/mol. The van der Waals surface area contributed by atoms with E-state index in [9.17, 15) is 18.0 Å². The Hall–Kier alpha value is -3.19. The molecule has 1 amide bonds. The summed E-state index contributed by atoms with van der Waals surface area (Å²) in [6.07, 6.45) is -0.737. The van der Waals surface area contributed by atoms with Gasteiger partial charge in [0, 0.05) is 37.4 Å². The number of hydrogen-bond acceptors (Lipinski definition) is 5. The van der Waals surface area contributed by atoms with E-state index in [0.29, 0.717) is 48.3 Å². The van der Waals surface area contributed by atoms with E-state index in [0.717, 1.165) is 12.1 Å². The number of nitriles is 1. The lowest BCUT2D eigenvalue weighted by Gasteiger charge is -2.36. The van der Waals surface area contributed by atoms with E-state index in [1.807, 2.05) is 11.1 Å². The fourth-order valence-electron chi connectivity index (χ4n) is 3.18. The third-order valence-corrected chi connectivity index (χ3v) is 5.41. The second kappa shape index (κ2) is 9.75. The second-order valence-electron chi connectivity index (χ2n) is 6.73. The van der Waals surface area contributed by atoms with Gasteiger partial charge in [-0.25, -0.2) is 4.99 Å². The molecule has 10 heteroatoms. The number of aliphatic imine (C=N–C) groups is 1. The van der Waals surface area contributed by atoms with Gasteiger partial charge in [-0.1, -0.05) is 11.8 Å². The Morgan fingerprint density at radius 1 is 1.06 bits per heavy atom. The number of piperazine rings is 1. The van der Waals surface area contributed by atoms with Gasteiger partial charge in [0.25, 0.3) is 5.91 Å². The van der Waals surface area contributed by atoms with Gasteiger partial charge in [0.15, 0.2) is 11.4 Å². The molecule has 1 N–H and O–H groups in total. The van der Waals surface area contributed by atoms with E-state index in [2.05, 4.69) is 10.3 Å². The first-order valence-corrected chi connectivity index (χ1v) is 10.6. The van der Waals surface area contributed by atoms with Crippen molar-refractivity contribution in [2.24, 2.45) is 4.99 Å². The molecule has 0 aliphatic carbocycles. The number of nitrogens with zero attached hydrogens (tertiary/aromatic N) is 4. The van der Waals surface area contributed by atoms with Crippen molar-refractivity contribution in [2.75, 3.05) is 37.3 Å². The third kappa shape index (κ3) is 5.70. The highest BCUT2D eigenvalue weighted by molar-refractivity contribution is 8.13. The number of thioether (sulfide) groups is 1. The number of amidine groups is 1. The summed E-state index contributed by atoms with van der Waals surface area (Å²) in [6.45, 7) is 2.03. The van der Waals surface area contributed by atoms with Crippen molar-refractivity contribution < 1.29 is 18.0 Å². The highest BCUT2D eigenvalue weighted by Crippen LogP contribution is 2.30. The predicted octanol–water partition coefficient (Wildman–Crippen LogP) is 4.09. The SMILES string of the molecule is CSC(=Nc1ccc(C(=O)N2CCN(c3ccc(C(F)(F)F)cc3)CC2)cc1)NC#N. The quantitative estimate of drug-likeness (QED) is 0.332. The Morgan fingerprint density at radius 2 is 1.68 bits per heavy atom. The molecule has 0 bridgehead atoms. The van der Waals surface area contributed by atoms with Crippen LogP contribution in [0.5, 0.6) is 0 Å². The van der Waals surface area contributed by atoms with Gasteiger partial charge in [-0.15, -0.1) is 0 Å². The molecule has 2 aromatic carbocycles. The van der Waals surface area contributed by atoms with Gasteiger partial charge in [0.1, 0.15) is 0 Å². The van der Waals surface area contributed by atoms with E-state index in [4.69, 9.17) is 5.26 Å². The van der Waals surface area contributed by atoms with Crippen molar-refractivity contribution in [3.05, 3.63) is 59.7 Å². The molecule has 1 aliphatic heterocycles. The van der Waals surface area contributed by atoms with Crippen LogP contribution in [-0.4, -0.2) is 48.4 Å². The Kier molecular flexibility index (Phi) is 7.07. The van der Waals surface area contributed by atoms with Crippen molar-refractivity contribution in [1.29, 1.82) is 5.26 Å². The summed E-state index contributed by atoms with van der Waals surface area (Å²) in [4.78, 5) is 20.8. The van der Waals surface area contributed by atoms with Gasteiger partial charge in [-0.3, -0.25) is 10.1 Å². The lowest BCUT2D eigenvalue weighted by molar-refractivity contribution is -0.137. The molecule has 6 nitrogen and oxygen atoms in total. The minimum Gasteiger partial charge on any atom is -0.368 e. The number of hydrogen-bond donors (Lipinski definition) is 1. The van der Waals surface area contributed by atoms with Gasteiger partial charge in [0.05, 0.1) is 11.3 Å². The second-order valence-corrected chi connectivity index (χ2v) is 7.52. The summed E-state index contributed by atoms with van der Waals surface area (Å²) in [5.74, 6) is -0.108. The summed E-state index contributed by atoms with van der Waals surface area (Å²) in [5.41, 5.74) is 1.18. The summed E-state index contributed by atoms with van der Waals surface area (Å²) in [6, 6.07) is 11.9. The molecule has 1 saturated heterocycles. The lowest BCUT2D eigenvalue weighted by atomic mass is 10.1. The van der Waals surface area contributed by atoms with E-state index >= 15 is 0 Å². The third-order valence-electron chi connectivity index (χ3n) is 4.83. The van der Waals surface area contributed by atoms with Crippen molar-refractivity contribution in [1.82, 2.24) is 10.2 Å². The number of halogens is 3. The summed E-state index contributed by atoms with van der Waals surface area (Å²) in [7, 11) is 0. The zero-order valence-electron chi connectivity index (χ0n) is 16.7. The topological polar surface area (TPSA) is 71.7 Å². The monoisotopic (exact) mass is 447 g/mol. The fraction of sp³-hybridized carbons (Fsp3) is 0.286. The molecule has 1 aliphatic rings. The number of carbonyl (C=O) groups excluding carboxylic acids is 1. The van der Waals surface area contributed by atoms with Crippen LogP contribution in [-0.2, 0) is 6.18 Å². The maximum Gasteiger partial charge on any atom is 0.416 e. The van der Waals surface area contributed by atoms with Gasteiger partial charge >= 0.3 is 6.18 Å². The fourth-order valence-corrected chi connectivity index (χ4v) is 3.52. The molecule has 1 heterocycles. The van der Waals surface area contributed by atoms with Crippen molar-refractivity contribution >= 4 is 34.2 Å². The molecule has 0 saturated carbocycles. The zero-order valence-corrected chi connectivity index (χ0v) is 17.5. The minimum atomic E-state index is -4.35. The summed E-state index contributed by atoms with van der Waals surface area (Å²) >= 11 is 1.30. The van der Waals surface area contributed by atoms with E-state index in [1.165, 1.54) is 23.9 Å². The molecule has 0 radical (unpaired) electrons. The van der Waals surface area contributed by atoms with Crippen LogP contribution in [0.4, 0.5) is 24.5 Å². The van der Waals surface area contributed by atoms with Crippen LogP contribution in [0.1, 0.15) is 15.9 Å². The van der Waals surface area contributed by atoms with Gasteiger partial charge < -0.3 is 9.80 Å². The first-order valence-electron chi connectivity index (χ1n) is 9.41. The Bertz CT molecular complexity index is 976. The van der Waals surface area contributed by atoms with Crippen molar-refractivity contribution in [3.63, 3.8) is 0 Å². The summed E-state index contributed by atoms with van der Waals surface area (Å²) in [5, 5.41) is 11.6. The number of anilines is 1. The maximum atomic E-state index is 12.8. The van der Waals surface area contributed by atoms with Crippen molar-refractivity contribution in [2.45, 2.75) is 6.18 Å². The van der Waals surface area contributed by atoms with Crippen LogP contribution in [0.25, 0.3) is 0 Å². The Morgan fingerprint density at radius 3 is 2.19 bits per heavy atom. The first-order chi connectivity index (χ1) is 14.8. The van der Waals surface area contributed by atoms with Crippen LogP contribution in [0.3, 0.4) is 0 Å². The normalized spacial score (nSPS) is 14.9. The predicted molar refractivity (Wildman–Crippen MR) is 115 cm³/mol. The van der Waals surface area contributed by atoms with E-state index in [1.54, 1.807) is 35.4 Å². The van der Waals surface area contributed by atoms with Gasteiger partial charge in [-0.05, 0) is 54.8 Å². The number of rotatable bonds is 3. The van der Waals surface area contributed by atoms with Crippen LogP contribution >= 0.6 is 11.8 Å². The van der Waals surface area contributed by atoms with Crippen LogP contribution in [0, 0.1) is 11.5 Å². The average Bonchev–Trinajstić information content (AvgIpc) is 2.78. The van der Waals surface area contributed by atoms with Crippen molar-refractivity contribution in [3.8, 4) is 6.19 Å². The minimum absolute atomic E-state index is 0.108. The number of nitrogens with one attached hydrogen (secondary N) is 1. The molecule has 0 unspecified atom stereocenters. The number of amides is 1. The van der Waals surface area contributed by atoms with Gasteiger partial charge in [0.2, 0.25) is 0 Å². The average molecular weight is 447 g/mol. The Balaban J connectivity index is 1.59. The molecule has 0 aromatic heterocycles. The van der Waals surface area contributed by atoms with E-state index < -0.39 is 11.7 Å². The first kappa shape index (κ1) is 22.5. The molecular formula is C21H20F3N5OS. The molecule has 31 heavy (non-hydrogen) atoms. The summed E-state index contributed by atoms with van der Waals surface area (Å²) < 4.78 is 38.2. The molecule has 2 aromatic rings. The highest BCUT2D eigenvalue weighted by Gasteiger charge is 2.30. The standard InChI is InChI=1S/C21H20F3N5OS/c1-31-20(26-14-25)27-17-6-2-15(3-7-17)19(30)29-12-10-28(11-13-29)18-8-4-16(5-9-18)21(22,23)24/h2-9H,10-13H2,1H3,(H,26,27). The number of alkyl halides is 3. The highest BCUT2D eigenvalue weighted by atomic mass is 32.2. The molecule has 1 fully saturated rings. The number of benzene rings is 2. The molecule has 3 rings (SSSR count). The smallest absolute Gasteiger partial charge is 0.368 e. The van der Waals surface area contributed by atoms with Crippen LogP contribution in [0.15, 0.2) is 53.5 Å². The molecule has 0 atom stereocenters. The van der Waals surface area contributed by atoms with Gasteiger partial charge in [-0.2, -0.15) is 18.4 Å². The molecule has 0 spiro atoms. The largest absolute Gasteiger partial charge is 0.416 e. The van der Waals surface area contributed by atoms with Crippen LogP contribution < -0.4 is 10.2 Å². The molecule has 162 valence electrons. The maximum absolute atomic E-state index is 12.8. The zero-order chi connectivity index (χ0) is 22.4.